The van der Waals surface area contributed by atoms with Crippen molar-refractivity contribution in [3.8, 4) is 0 Å². The van der Waals surface area contributed by atoms with E-state index in [2.05, 4.69) is 52.5 Å². The van der Waals surface area contributed by atoms with Crippen LogP contribution in [-0.2, 0) is 29.0 Å². The molecule has 2 aromatic rings. The van der Waals surface area contributed by atoms with Crippen LogP contribution in [0.4, 0.5) is 5.69 Å². The normalized spacial score (nSPS) is 22.9. The number of amides is 2. The second kappa shape index (κ2) is 10.3. The van der Waals surface area contributed by atoms with Crippen molar-refractivity contribution >= 4 is 17.5 Å². The van der Waals surface area contributed by atoms with Gasteiger partial charge in [-0.25, -0.2) is 0 Å². The van der Waals surface area contributed by atoms with Crippen molar-refractivity contribution in [2.45, 2.75) is 50.9 Å². The van der Waals surface area contributed by atoms with Crippen molar-refractivity contribution in [3.63, 3.8) is 0 Å². The molecule has 2 aliphatic heterocycles. The predicted octanol–water partition coefficient (Wildman–Crippen LogP) is 3.37. The van der Waals surface area contributed by atoms with E-state index < -0.39 is 6.04 Å². The Hall–Kier alpha value is -3.64. The average molecular weight is 469 g/mol. The predicted molar refractivity (Wildman–Crippen MR) is 139 cm³/mol. The van der Waals surface area contributed by atoms with Crippen molar-refractivity contribution in [2.24, 2.45) is 5.92 Å². The number of allylic oxidation sites excluding steroid dienone is 2. The number of hydrogen-bond donors (Lipinski definition) is 4. The topological polar surface area (TPSA) is 82.3 Å². The standard InChI is InChI=1S/C29H32N4O2/c1-2-19-11-13-23(14-12-19)32-29(35)27(16-22-18-30-25-10-6-5-9-24(22)25)33-28(34)26-15-20-7-3-4-8-21(20)17-31-26/h3-14,18,24-27,30-31H,2,15-17H2,1H3,(H,32,35)(H,33,34)/t24?,25?,26-,27-/m0/s1. The second-order valence-electron chi connectivity index (χ2n) is 9.42. The molecule has 35 heavy (non-hydrogen) atoms. The fourth-order valence-corrected chi connectivity index (χ4v) is 5.03. The van der Waals surface area contributed by atoms with Crippen LogP contribution in [-0.4, -0.2) is 29.9 Å². The lowest BCUT2D eigenvalue weighted by molar-refractivity contribution is -0.128. The molecule has 6 nitrogen and oxygen atoms in total. The minimum atomic E-state index is -0.682. The fraction of sp³-hybridized carbons (Fsp3) is 0.310. The summed E-state index contributed by atoms with van der Waals surface area (Å²) in [6, 6.07) is 15.2. The third-order valence-electron chi connectivity index (χ3n) is 7.12. The molecule has 2 aromatic carbocycles. The zero-order valence-electron chi connectivity index (χ0n) is 20.0. The first-order valence-electron chi connectivity index (χ1n) is 12.4. The Labute approximate surface area is 206 Å². The summed E-state index contributed by atoms with van der Waals surface area (Å²) >= 11 is 0. The summed E-state index contributed by atoms with van der Waals surface area (Å²) in [4.78, 5) is 26.7. The molecule has 0 saturated carbocycles. The molecule has 0 aromatic heterocycles. The van der Waals surface area contributed by atoms with Gasteiger partial charge in [-0.3, -0.25) is 9.59 Å². The summed E-state index contributed by atoms with van der Waals surface area (Å²) in [6.45, 7) is 2.74. The molecule has 180 valence electrons. The number of benzene rings is 2. The average Bonchev–Trinajstić information content (AvgIpc) is 3.31. The van der Waals surface area contributed by atoms with Crippen LogP contribution in [0.15, 0.2) is 84.6 Å². The van der Waals surface area contributed by atoms with Crippen molar-refractivity contribution < 1.29 is 9.59 Å². The number of carbonyl (C=O) groups excluding carboxylic acids is 2. The van der Waals surface area contributed by atoms with Gasteiger partial charge in [-0.15, -0.1) is 0 Å². The monoisotopic (exact) mass is 468 g/mol. The maximum Gasteiger partial charge on any atom is 0.247 e. The highest BCUT2D eigenvalue weighted by atomic mass is 16.2. The van der Waals surface area contributed by atoms with E-state index in [-0.39, 0.29) is 29.8 Å². The number of hydrogen-bond acceptors (Lipinski definition) is 4. The van der Waals surface area contributed by atoms with E-state index in [4.69, 9.17) is 0 Å². The van der Waals surface area contributed by atoms with Crippen LogP contribution in [0.3, 0.4) is 0 Å². The fourth-order valence-electron chi connectivity index (χ4n) is 5.03. The second-order valence-corrected chi connectivity index (χ2v) is 9.42. The molecule has 0 bridgehead atoms. The molecule has 4 atom stereocenters. The van der Waals surface area contributed by atoms with Gasteiger partial charge in [-0.05, 0) is 59.9 Å². The van der Waals surface area contributed by atoms with Crippen LogP contribution < -0.4 is 21.3 Å². The van der Waals surface area contributed by atoms with Crippen LogP contribution in [0.1, 0.15) is 30.0 Å². The summed E-state index contributed by atoms with van der Waals surface area (Å²) < 4.78 is 0. The van der Waals surface area contributed by atoms with E-state index in [0.717, 1.165) is 17.7 Å². The Bertz CT molecular complexity index is 1180. The molecule has 0 saturated heterocycles. The molecule has 1 aliphatic carbocycles. The van der Waals surface area contributed by atoms with Crippen molar-refractivity contribution in [1.82, 2.24) is 16.0 Å². The van der Waals surface area contributed by atoms with Gasteiger partial charge in [0.2, 0.25) is 11.8 Å². The molecule has 6 heteroatoms. The number of aryl methyl sites for hydroxylation is 1. The summed E-state index contributed by atoms with van der Waals surface area (Å²) in [5, 5.41) is 12.8. The quantitative estimate of drug-likeness (QED) is 0.502. The molecule has 2 unspecified atom stereocenters. The van der Waals surface area contributed by atoms with Gasteiger partial charge in [0.05, 0.1) is 12.1 Å². The van der Waals surface area contributed by atoms with E-state index in [1.807, 2.05) is 54.8 Å². The Morgan fingerprint density at radius 2 is 1.80 bits per heavy atom. The van der Waals surface area contributed by atoms with Gasteiger partial charge in [-0.2, -0.15) is 0 Å². The molecule has 4 N–H and O–H groups in total. The minimum absolute atomic E-state index is 0.150. The van der Waals surface area contributed by atoms with E-state index in [9.17, 15) is 9.59 Å². The smallest absolute Gasteiger partial charge is 0.247 e. The highest BCUT2D eigenvalue weighted by Gasteiger charge is 2.33. The number of carbonyl (C=O) groups is 2. The summed E-state index contributed by atoms with van der Waals surface area (Å²) in [6.07, 6.45) is 12.3. The Balaban J connectivity index is 1.31. The van der Waals surface area contributed by atoms with Crippen LogP contribution >= 0.6 is 0 Å². The first-order valence-corrected chi connectivity index (χ1v) is 12.4. The van der Waals surface area contributed by atoms with Gasteiger partial charge in [0, 0.05) is 18.2 Å². The SMILES string of the molecule is CCc1ccc(NC(=O)[C@H](CC2=CNC3C=CC=CC23)NC(=O)[C@@H]2Cc3ccccc3CN2)cc1. The highest BCUT2D eigenvalue weighted by Crippen LogP contribution is 2.29. The largest absolute Gasteiger partial charge is 0.384 e. The highest BCUT2D eigenvalue weighted by molar-refractivity contribution is 5.98. The molecular weight excluding hydrogens is 436 g/mol. The van der Waals surface area contributed by atoms with Gasteiger partial charge < -0.3 is 21.3 Å². The van der Waals surface area contributed by atoms with Crippen LogP contribution in [0.25, 0.3) is 0 Å². The van der Waals surface area contributed by atoms with Crippen LogP contribution in [0.2, 0.25) is 0 Å². The Morgan fingerprint density at radius 1 is 1.03 bits per heavy atom. The van der Waals surface area contributed by atoms with E-state index in [0.29, 0.717) is 19.4 Å². The Morgan fingerprint density at radius 3 is 2.60 bits per heavy atom. The van der Waals surface area contributed by atoms with Gasteiger partial charge in [0.1, 0.15) is 6.04 Å². The minimum Gasteiger partial charge on any atom is -0.384 e. The first-order chi connectivity index (χ1) is 17.1. The van der Waals surface area contributed by atoms with Crippen molar-refractivity contribution in [1.29, 1.82) is 0 Å². The molecule has 3 aliphatic rings. The van der Waals surface area contributed by atoms with E-state index in [1.54, 1.807) is 0 Å². The lowest BCUT2D eigenvalue weighted by Crippen LogP contribution is -2.53. The molecular formula is C29H32N4O2. The molecule has 0 fully saturated rings. The van der Waals surface area contributed by atoms with Gasteiger partial charge in [-0.1, -0.05) is 67.6 Å². The summed E-state index contributed by atoms with van der Waals surface area (Å²) in [5.74, 6) is -0.169. The third-order valence-corrected chi connectivity index (χ3v) is 7.12. The lowest BCUT2D eigenvalue weighted by Gasteiger charge is -2.28. The zero-order valence-corrected chi connectivity index (χ0v) is 20.0. The number of nitrogens with one attached hydrogen (secondary N) is 4. The maximum absolute atomic E-state index is 13.4. The molecule has 0 radical (unpaired) electrons. The molecule has 2 amide bonds. The molecule has 0 spiro atoms. The summed E-state index contributed by atoms with van der Waals surface area (Å²) in [7, 11) is 0. The van der Waals surface area contributed by atoms with Gasteiger partial charge >= 0.3 is 0 Å². The zero-order chi connectivity index (χ0) is 24.2. The van der Waals surface area contributed by atoms with E-state index >= 15 is 0 Å². The first kappa shape index (κ1) is 23.1. The van der Waals surface area contributed by atoms with Gasteiger partial charge in [0.25, 0.3) is 0 Å². The van der Waals surface area contributed by atoms with Crippen molar-refractivity contribution in [3.05, 3.63) is 101 Å². The van der Waals surface area contributed by atoms with Crippen LogP contribution in [0, 0.1) is 5.92 Å². The lowest BCUT2D eigenvalue weighted by atomic mass is 9.87. The third kappa shape index (κ3) is 5.23. The van der Waals surface area contributed by atoms with E-state index in [1.165, 1.54) is 16.7 Å². The van der Waals surface area contributed by atoms with Crippen molar-refractivity contribution in [2.75, 3.05) is 5.32 Å². The number of anilines is 1. The molecule has 2 heterocycles. The maximum atomic E-state index is 13.4. The van der Waals surface area contributed by atoms with Crippen LogP contribution in [0.5, 0.6) is 0 Å². The molecule has 5 rings (SSSR count). The Kier molecular flexibility index (Phi) is 6.82. The number of rotatable bonds is 7. The summed E-state index contributed by atoms with van der Waals surface area (Å²) in [5.41, 5.74) is 5.44. The number of fused-ring (bicyclic) bond motifs is 2. The van der Waals surface area contributed by atoms with Gasteiger partial charge in [0.15, 0.2) is 0 Å².